The molecule has 0 spiro atoms. The lowest BCUT2D eigenvalue weighted by atomic mass is 9.33. The van der Waals surface area contributed by atoms with Crippen molar-refractivity contribution in [3.8, 4) is 0 Å². The van der Waals surface area contributed by atoms with Gasteiger partial charge in [0.05, 0.1) is 24.0 Å². The minimum atomic E-state index is -0.551. The Morgan fingerprint density at radius 1 is 1.02 bits per heavy atom. The Bertz CT molecular complexity index is 1370. The highest BCUT2D eigenvalue weighted by atomic mass is 32.2. The molecule has 6 aliphatic rings. The third kappa shape index (κ3) is 4.82. The van der Waals surface area contributed by atoms with Gasteiger partial charge < -0.3 is 9.57 Å². The topological polar surface area (TPSA) is 85.3 Å². The first kappa shape index (κ1) is 33.2. The number of rotatable bonds is 4. The summed E-state index contributed by atoms with van der Waals surface area (Å²) < 4.78 is 5.95. The first-order chi connectivity index (χ1) is 20.9. The maximum absolute atomic E-state index is 13.5. The minimum Gasteiger partial charge on any atom is -0.469 e. The summed E-state index contributed by atoms with van der Waals surface area (Å²) in [6.07, 6.45) is 12.6. The van der Waals surface area contributed by atoms with Crippen molar-refractivity contribution in [2.45, 2.75) is 113 Å². The molecular weight excluding hydrogens is 605 g/mol. The van der Waals surface area contributed by atoms with Crippen LogP contribution in [0.5, 0.6) is 0 Å². The molecule has 5 aliphatic carbocycles. The van der Waals surface area contributed by atoms with E-state index in [9.17, 15) is 14.4 Å². The number of methoxy groups -OCH3 is 1. The van der Waals surface area contributed by atoms with E-state index in [1.807, 2.05) is 0 Å². The molecule has 4 saturated carbocycles. The summed E-state index contributed by atoms with van der Waals surface area (Å²) in [6, 6.07) is 0. The SMILES string of the molecule is COC(=O)[C@]12CCC(C)(C)C[C@@H]1C1=CC[C@H]3[C@@]4(C)CC/C(=N/OC(=O)CN5C(=O)CSC5=S)C(C)(C)[C@@H]4CC[C@@]3(C)[C@]1(C)CC2. The number of amides is 1. The first-order valence-corrected chi connectivity index (χ1v) is 18.4. The zero-order valence-electron chi connectivity index (χ0n) is 28.5. The van der Waals surface area contributed by atoms with Crippen LogP contribution in [0.4, 0.5) is 0 Å². The van der Waals surface area contributed by atoms with E-state index in [0.29, 0.717) is 16.2 Å². The molecule has 7 nitrogen and oxygen atoms in total. The van der Waals surface area contributed by atoms with Crippen LogP contribution in [0.2, 0.25) is 0 Å². The van der Waals surface area contributed by atoms with E-state index in [-0.39, 0.29) is 62.6 Å². The van der Waals surface area contributed by atoms with Crippen LogP contribution in [0.3, 0.4) is 0 Å². The van der Waals surface area contributed by atoms with Crippen LogP contribution in [-0.2, 0) is 24.0 Å². The van der Waals surface area contributed by atoms with Crippen molar-refractivity contribution in [3.05, 3.63) is 11.6 Å². The second-order valence-corrected chi connectivity index (χ2v) is 18.7. The summed E-state index contributed by atoms with van der Waals surface area (Å²) in [7, 11) is 1.57. The highest BCUT2D eigenvalue weighted by molar-refractivity contribution is 8.23. The number of hydrogen-bond acceptors (Lipinski definition) is 8. The van der Waals surface area contributed by atoms with Gasteiger partial charge in [0.2, 0.25) is 5.91 Å². The zero-order valence-corrected chi connectivity index (χ0v) is 30.2. The van der Waals surface area contributed by atoms with E-state index in [1.165, 1.54) is 16.7 Å². The highest BCUT2D eigenvalue weighted by Crippen LogP contribution is 2.75. The summed E-state index contributed by atoms with van der Waals surface area (Å²) >= 11 is 6.49. The molecule has 0 aromatic carbocycles. The van der Waals surface area contributed by atoms with Gasteiger partial charge in [-0.1, -0.05) is 89.3 Å². The molecule has 0 aromatic heterocycles. The number of thioether (sulfide) groups is 1. The molecular formula is C36H52N2O5S2. The summed E-state index contributed by atoms with van der Waals surface area (Å²) in [5, 5.41) is 4.47. The number of ether oxygens (including phenoxy) is 1. The normalized spacial score (nSPS) is 42.6. The third-order valence-corrected chi connectivity index (χ3v) is 15.8. The zero-order chi connectivity index (χ0) is 32.8. The second kappa shape index (κ2) is 10.9. The van der Waals surface area contributed by atoms with Gasteiger partial charge in [0.15, 0.2) is 0 Å². The second-order valence-electron chi connectivity index (χ2n) is 17.1. The lowest BCUT2D eigenvalue weighted by Crippen LogP contribution is -2.64. The van der Waals surface area contributed by atoms with E-state index in [2.05, 4.69) is 59.7 Å². The molecule has 0 N–H and O–H groups in total. The Morgan fingerprint density at radius 2 is 1.73 bits per heavy atom. The fourth-order valence-electron chi connectivity index (χ4n) is 11.6. The summed E-state index contributed by atoms with van der Waals surface area (Å²) in [4.78, 5) is 45.0. The Kier molecular flexibility index (Phi) is 8.03. The van der Waals surface area contributed by atoms with Crippen molar-refractivity contribution in [3.63, 3.8) is 0 Å². The van der Waals surface area contributed by atoms with Gasteiger partial charge in [0, 0.05) is 5.41 Å². The predicted octanol–water partition coefficient (Wildman–Crippen LogP) is 7.72. The number of fused-ring (bicyclic) bond motifs is 7. The number of allylic oxidation sites excluding steroid dienone is 2. The van der Waals surface area contributed by atoms with Gasteiger partial charge in [0.1, 0.15) is 10.9 Å². The van der Waals surface area contributed by atoms with E-state index < -0.39 is 5.97 Å². The van der Waals surface area contributed by atoms with Gasteiger partial charge >= 0.3 is 11.9 Å². The maximum atomic E-state index is 13.5. The standard InChI is InChI=1S/C36H52N2O5S2/c1-31(2)15-17-36(29(41)42-8)18-16-34(6)22(23(36)19-31)9-10-25-33(5)13-12-26(32(3,4)24(33)11-14-35(25,34)7)37-43-28(40)20-38-27(39)21-45-30(38)44/h9,23-25H,10-21H2,1-8H3/b37-26-/t23-,24+,25+,33+,34-,35-,36+/m1/s1. The summed E-state index contributed by atoms with van der Waals surface area (Å²) in [5.41, 5.74) is 2.36. The molecule has 0 bridgehead atoms. The van der Waals surface area contributed by atoms with Crippen LogP contribution in [0, 0.1) is 50.2 Å². The molecule has 0 aromatic rings. The van der Waals surface area contributed by atoms with Crippen LogP contribution in [0.1, 0.15) is 113 Å². The lowest BCUT2D eigenvalue weighted by Gasteiger charge is -2.70. The van der Waals surface area contributed by atoms with Crippen LogP contribution in [0.25, 0.3) is 0 Å². The van der Waals surface area contributed by atoms with Crippen molar-refractivity contribution in [2.75, 3.05) is 19.4 Å². The average Bonchev–Trinajstić information content (AvgIpc) is 3.28. The smallest absolute Gasteiger partial charge is 0.354 e. The van der Waals surface area contributed by atoms with Crippen molar-refractivity contribution < 1.29 is 24.0 Å². The van der Waals surface area contributed by atoms with Crippen LogP contribution in [0.15, 0.2) is 16.8 Å². The summed E-state index contributed by atoms with van der Waals surface area (Å²) in [5.74, 6) is 0.735. The van der Waals surface area contributed by atoms with Crippen LogP contribution in [-0.4, -0.2) is 52.2 Å². The number of esters is 1. The Hall–Kier alpha value is -1.74. The number of thiocarbonyl (C=S) groups is 1. The molecule has 0 radical (unpaired) electrons. The lowest BCUT2D eigenvalue weighted by molar-refractivity contribution is -0.181. The largest absolute Gasteiger partial charge is 0.469 e. The van der Waals surface area contributed by atoms with Crippen molar-refractivity contribution in [2.24, 2.45) is 55.4 Å². The molecule has 9 heteroatoms. The van der Waals surface area contributed by atoms with Gasteiger partial charge in [-0.05, 0) is 104 Å². The number of carbonyl (C=O) groups excluding carboxylic acids is 3. The van der Waals surface area contributed by atoms with E-state index in [0.717, 1.165) is 69.9 Å². The van der Waals surface area contributed by atoms with Crippen LogP contribution < -0.4 is 0 Å². The number of carbonyl (C=O) groups is 3. The number of hydrogen-bond donors (Lipinski definition) is 0. The summed E-state index contributed by atoms with van der Waals surface area (Å²) in [6.45, 7) is 16.8. The van der Waals surface area contributed by atoms with Gasteiger partial charge in [-0.25, -0.2) is 4.79 Å². The number of oxime groups is 1. The van der Waals surface area contributed by atoms with Crippen LogP contribution >= 0.6 is 24.0 Å². The maximum Gasteiger partial charge on any atom is 0.354 e. The van der Waals surface area contributed by atoms with Crippen molar-refractivity contribution in [1.29, 1.82) is 0 Å². The van der Waals surface area contributed by atoms with Gasteiger partial charge in [-0.3, -0.25) is 14.5 Å². The molecule has 0 unspecified atom stereocenters. The Morgan fingerprint density at radius 3 is 2.40 bits per heavy atom. The van der Waals surface area contributed by atoms with Gasteiger partial charge in [-0.2, -0.15) is 0 Å². The van der Waals surface area contributed by atoms with Gasteiger partial charge in [0.25, 0.3) is 0 Å². The quantitative estimate of drug-likeness (QED) is 0.101. The molecule has 1 aliphatic heterocycles. The molecule has 1 amide bonds. The Labute approximate surface area is 279 Å². The average molecular weight is 657 g/mol. The van der Waals surface area contributed by atoms with Crippen molar-refractivity contribution in [1.82, 2.24) is 4.90 Å². The molecule has 1 heterocycles. The first-order valence-electron chi connectivity index (χ1n) is 17.0. The molecule has 1 saturated heterocycles. The van der Waals surface area contributed by atoms with E-state index in [1.54, 1.807) is 12.7 Å². The van der Waals surface area contributed by atoms with E-state index in [4.69, 9.17) is 21.8 Å². The van der Waals surface area contributed by atoms with Gasteiger partial charge in [-0.15, -0.1) is 0 Å². The third-order valence-electron chi connectivity index (χ3n) is 14.4. The van der Waals surface area contributed by atoms with Crippen molar-refractivity contribution >= 4 is 51.9 Å². The molecule has 5 fully saturated rings. The number of nitrogens with zero attached hydrogens (tertiary/aromatic N) is 2. The monoisotopic (exact) mass is 656 g/mol. The minimum absolute atomic E-state index is 0.00377. The molecule has 7 atom stereocenters. The fourth-order valence-corrected chi connectivity index (χ4v) is 12.7. The highest BCUT2D eigenvalue weighted by Gasteiger charge is 2.69. The van der Waals surface area contributed by atoms with E-state index >= 15 is 0 Å². The predicted molar refractivity (Wildman–Crippen MR) is 181 cm³/mol. The molecule has 45 heavy (non-hydrogen) atoms. The Balaban J connectivity index is 1.27. The molecule has 6 rings (SSSR count). The molecule has 248 valence electrons. The fraction of sp³-hybridized carbons (Fsp3) is 0.806.